The van der Waals surface area contributed by atoms with Crippen molar-refractivity contribution < 1.29 is 0 Å². The molecule has 0 aliphatic heterocycles. The summed E-state index contributed by atoms with van der Waals surface area (Å²) in [5.41, 5.74) is 1.42. The topological polar surface area (TPSA) is 12.0 Å². The van der Waals surface area contributed by atoms with Crippen LogP contribution in [0.3, 0.4) is 0 Å². The number of unbranched alkanes of at least 4 members (excludes halogenated alkanes) is 2. The molecule has 1 N–H and O–H groups in total. The first kappa shape index (κ1) is 13.9. The summed E-state index contributed by atoms with van der Waals surface area (Å²) in [7, 11) is 0. The molecule has 0 radical (unpaired) electrons. The molecule has 1 rings (SSSR count). The number of halogens is 1. The molecule has 0 saturated carbocycles. The molecule has 1 heterocycles. The van der Waals surface area contributed by atoms with Crippen molar-refractivity contribution >= 4 is 23.7 Å². The van der Waals surface area contributed by atoms with E-state index in [-0.39, 0.29) is 12.4 Å². The fourth-order valence-corrected chi connectivity index (χ4v) is 2.16. The van der Waals surface area contributed by atoms with Crippen molar-refractivity contribution in [2.45, 2.75) is 39.7 Å². The zero-order valence-corrected chi connectivity index (χ0v) is 10.6. The summed E-state index contributed by atoms with van der Waals surface area (Å²) in [6, 6.07) is 2.19. The molecule has 0 fully saturated rings. The lowest BCUT2D eigenvalue weighted by atomic mass is 10.2. The molecule has 3 heteroatoms. The third-order valence-electron chi connectivity index (χ3n) is 2.21. The Morgan fingerprint density at radius 2 is 2.14 bits per heavy atom. The largest absolute Gasteiger partial charge is 0.312 e. The van der Waals surface area contributed by atoms with Gasteiger partial charge in [-0.3, -0.25) is 0 Å². The molecule has 1 nitrogen and oxygen atoms in total. The van der Waals surface area contributed by atoms with E-state index in [1.807, 2.05) is 11.3 Å². The second kappa shape index (κ2) is 8.27. The van der Waals surface area contributed by atoms with Crippen molar-refractivity contribution in [2.75, 3.05) is 6.54 Å². The van der Waals surface area contributed by atoms with E-state index < -0.39 is 0 Å². The van der Waals surface area contributed by atoms with Crippen molar-refractivity contribution in [3.63, 3.8) is 0 Å². The highest BCUT2D eigenvalue weighted by Crippen LogP contribution is 2.14. The van der Waals surface area contributed by atoms with Crippen LogP contribution in [-0.2, 0) is 6.54 Å². The van der Waals surface area contributed by atoms with Gasteiger partial charge in [-0.05, 0) is 36.9 Å². The van der Waals surface area contributed by atoms with Crippen LogP contribution in [-0.4, -0.2) is 6.54 Å². The summed E-state index contributed by atoms with van der Waals surface area (Å²) in [5, 5.41) is 5.64. The third kappa shape index (κ3) is 4.99. The van der Waals surface area contributed by atoms with E-state index >= 15 is 0 Å². The zero-order chi connectivity index (χ0) is 9.52. The SMILES string of the molecule is CCCCCNCc1sccc1C.Cl. The fourth-order valence-electron chi connectivity index (χ4n) is 1.29. The molecule has 1 aromatic rings. The molecule has 0 saturated heterocycles. The molecule has 1 aromatic heterocycles. The molecule has 0 aliphatic rings. The zero-order valence-electron chi connectivity index (χ0n) is 9.01. The number of rotatable bonds is 6. The molecular formula is C11H20ClNS. The standard InChI is InChI=1S/C11H19NS.ClH/c1-3-4-5-7-12-9-11-10(2)6-8-13-11;/h6,8,12H,3-5,7,9H2,1-2H3;1H. The Balaban J connectivity index is 0.00000169. The van der Waals surface area contributed by atoms with Gasteiger partial charge in [0.05, 0.1) is 0 Å². The first-order valence-corrected chi connectivity index (χ1v) is 5.96. The van der Waals surface area contributed by atoms with Gasteiger partial charge in [-0.15, -0.1) is 23.7 Å². The van der Waals surface area contributed by atoms with Gasteiger partial charge in [0.1, 0.15) is 0 Å². The van der Waals surface area contributed by atoms with Crippen molar-refractivity contribution in [1.82, 2.24) is 5.32 Å². The predicted octanol–water partition coefficient (Wildman–Crippen LogP) is 3.76. The van der Waals surface area contributed by atoms with Gasteiger partial charge < -0.3 is 5.32 Å². The van der Waals surface area contributed by atoms with E-state index in [0.29, 0.717) is 0 Å². The minimum atomic E-state index is 0. The fraction of sp³-hybridized carbons (Fsp3) is 0.636. The maximum atomic E-state index is 3.47. The van der Waals surface area contributed by atoms with E-state index in [0.717, 1.165) is 13.1 Å². The van der Waals surface area contributed by atoms with Gasteiger partial charge in [0.2, 0.25) is 0 Å². The van der Waals surface area contributed by atoms with Gasteiger partial charge in [-0.25, -0.2) is 0 Å². The van der Waals surface area contributed by atoms with Crippen molar-refractivity contribution in [3.05, 3.63) is 21.9 Å². The van der Waals surface area contributed by atoms with Gasteiger partial charge in [0, 0.05) is 11.4 Å². The Hall–Kier alpha value is -0.0500. The van der Waals surface area contributed by atoms with Crippen LogP contribution < -0.4 is 5.32 Å². The van der Waals surface area contributed by atoms with Crippen LogP contribution in [0.4, 0.5) is 0 Å². The summed E-state index contributed by atoms with van der Waals surface area (Å²) < 4.78 is 0. The van der Waals surface area contributed by atoms with Crippen LogP contribution in [0.15, 0.2) is 11.4 Å². The van der Waals surface area contributed by atoms with Crippen LogP contribution in [0.5, 0.6) is 0 Å². The number of nitrogens with one attached hydrogen (secondary N) is 1. The first-order valence-electron chi connectivity index (χ1n) is 5.08. The Morgan fingerprint density at radius 1 is 1.36 bits per heavy atom. The molecule has 0 spiro atoms. The molecule has 0 unspecified atom stereocenters. The van der Waals surface area contributed by atoms with E-state index in [9.17, 15) is 0 Å². The Kier molecular flexibility index (Phi) is 8.24. The minimum Gasteiger partial charge on any atom is -0.312 e. The number of aryl methyl sites for hydroxylation is 1. The van der Waals surface area contributed by atoms with Crippen molar-refractivity contribution in [3.8, 4) is 0 Å². The van der Waals surface area contributed by atoms with Gasteiger partial charge >= 0.3 is 0 Å². The molecular weight excluding hydrogens is 214 g/mol. The molecule has 0 amide bonds. The highest BCUT2D eigenvalue weighted by Gasteiger charge is 1.97. The molecule has 82 valence electrons. The number of hydrogen-bond acceptors (Lipinski definition) is 2. The lowest BCUT2D eigenvalue weighted by Gasteiger charge is -2.02. The molecule has 0 aliphatic carbocycles. The third-order valence-corrected chi connectivity index (χ3v) is 3.23. The van der Waals surface area contributed by atoms with Gasteiger partial charge in [0.15, 0.2) is 0 Å². The van der Waals surface area contributed by atoms with Gasteiger partial charge in [-0.2, -0.15) is 0 Å². The number of hydrogen-bond donors (Lipinski definition) is 1. The maximum absolute atomic E-state index is 3.47. The highest BCUT2D eigenvalue weighted by molar-refractivity contribution is 7.10. The maximum Gasteiger partial charge on any atom is 0.0302 e. The minimum absolute atomic E-state index is 0. The first-order chi connectivity index (χ1) is 6.34. The summed E-state index contributed by atoms with van der Waals surface area (Å²) >= 11 is 1.85. The van der Waals surface area contributed by atoms with E-state index in [1.165, 1.54) is 29.7 Å². The average Bonchev–Trinajstić information content (AvgIpc) is 2.52. The lowest BCUT2D eigenvalue weighted by molar-refractivity contribution is 0.619. The Labute approximate surface area is 97.3 Å². The summed E-state index contributed by atoms with van der Waals surface area (Å²) in [4.78, 5) is 1.48. The summed E-state index contributed by atoms with van der Waals surface area (Å²) in [5.74, 6) is 0. The number of thiophene rings is 1. The van der Waals surface area contributed by atoms with Crippen molar-refractivity contribution in [1.29, 1.82) is 0 Å². The summed E-state index contributed by atoms with van der Waals surface area (Å²) in [6.07, 6.45) is 3.96. The predicted molar refractivity (Wildman–Crippen MR) is 67.5 cm³/mol. The van der Waals surface area contributed by atoms with Crippen LogP contribution in [0.2, 0.25) is 0 Å². The molecule has 14 heavy (non-hydrogen) atoms. The normalized spacial score (nSPS) is 9.86. The summed E-state index contributed by atoms with van der Waals surface area (Å²) in [6.45, 7) is 6.63. The molecule has 0 atom stereocenters. The second-order valence-corrected chi connectivity index (χ2v) is 4.41. The Morgan fingerprint density at radius 3 is 2.71 bits per heavy atom. The van der Waals surface area contributed by atoms with Crippen LogP contribution in [0.25, 0.3) is 0 Å². The average molecular weight is 234 g/mol. The second-order valence-electron chi connectivity index (χ2n) is 3.41. The van der Waals surface area contributed by atoms with Gasteiger partial charge in [-0.1, -0.05) is 19.8 Å². The van der Waals surface area contributed by atoms with E-state index in [4.69, 9.17) is 0 Å². The lowest BCUT2D eigenvalue weighted by Crippen LogP contribution is -2.14. The monoisotopic (exact) mass is 233 g/mol. The van der Waals surface area contributed by atoms with E-state index in [1.54, 1.807) is 0 Å². The quantitative estimate of drug-likeness (QED) is 0.738. The molecule has 0 aromatic carbocycles. The highest BCUT2D eigenvalue weighted by atomic mass is 35.5. The van der Waals surface area contributed by atoms with Crippen molar-refractivity contribution in [2.24, 2.45) is 0 Å². The van der Waals surface area contributed by atoms with Crippen LogP contribution in [0.1, 0.15) is 36.6 Å². The van der Waals surface area contributed by atoms with Crippen LogP contribution in [0, 0.1) is 6.92 Å². The van der Waals surface area contributed by atoms with Gasteiger partial charge in [0.25, 0.3) is 0 Å². The Bertz CT molecular complexity index is 235. The smallest absolute Gasteiger partial charge is 0.0302 e. The molecule has 0 bridgehead atoms. The van der Waals surface area contributed by atoms with E-state index in [2.05, 4.69) is 30.6 Å². The van der Waals surface area contributed by atoms with Crippen LogP contribution >= 0.6 is 23.7 Å².